The molecular weight excluding hydrogens is 385 g/mol. The first kappa shape index (κ1) is 22.2. The number of rotatable bonds is 10. The molecular formula is C22H32FN5O2. The molecule has 2 heterocycles. The molecule has 0 atom stereocenters. The first-order valence-electron chi connectivity index (χ1n) is 10.6. The minimum Gasteiger partial charge on any atom is -0.381 e. The molecule has 0 amide bonds. The van der Waals surface area contributed by atoms with E-state index in [9.17, 15) is 4.39 Å². The van der Waals surface area contributed by atoms with E-state index >= 15 is 0 Å². The SMILES string of the molecule is CN=C(NCCCOCC1CCOCC1)NCCc1ccn(-c2ccc(F)cc2)n1. The van der Waals surface area contributed by atoms with Crippen molar-refractivity contribution in [1.29, 1.82) is 0 Å². The van der Waals surface area contributed by atoms with Crippen LogP contribution in [0.4, 0.5) is 4.39 Å². The van der Waals surface area contributed by atoms with Gasteiger partial charge in [-0.1, -0.05) is 0 Å². The molecule has 2 N–H and O–H groups in total. The third-order valence-corrected chi connectivity index (χ3v) is 5.08. The van der Waals surface area contributed by atoms with Crippen LogP contribution in [0.5, 0.6) is 0 Å². The van der Waals surface area contributed by atoms with Crippen LogP contribution in [-0.4, -0.2) is 62.3 Å². The van der Waals surface area contributed by atoms with E-state index in [0.717, 1.165) is 82.5 Å². The molecule has 7 nitrogen and oxygen atoms in total. The maximum atomic E-state index is 13.0. The number of hydrogen-bond acceptors (Lipinski definition) is 4. The van der Waals surface area contributed by atoms with E-state index in [4.69, 9.17) is 9.47 Å². The Morgan fingerprint density at radius 2 is 1.97 bits per heavy atom. The fourth-order valence-electron chi connectivity index (χ4n) is 3.31. The van der Waals surface area contributed by atoms with Gasteiger partial charge in [-0.05, 0) is 55.5 Å². The smallest absolute Gasteiger partial charge is 0.190 e. The van der Waals surface area contributed by atoms with Gasteiger partial charge in [-0.3, -0.25) is 4.99 Å². The number of guanidine groups is 1. The molecule has 30 heavy (non-hydrogen) atoms. The Kier molecular flexibility index (Phi) is 9.11. The highest BCUT2D eigenvalue weighted by molar-refractivity contribution is 5.79. The van der Waals surface area contributed by atoms with E-state index in [2.05, 4.69) is 20.7 Å². The van der Waals surface area contributed by atoms with Gasteiger partial charge in [0.1, 0.15) is 5.82 Å². The quantitative estimate of drug-likeness (QED) is 0.353. The van der Waals surface area contributed by atoms with E-state index < -0.39 is 0 Å². The van der Waals surface area contributed by atoms with Crippen LogP contribution in [0.1, 0.15) is 25.0 Å². The molecule has 0 spiro atoms. The summed E-state index contributed by atoms with van der Waals surface area (Å²) in [7, 11) is 1.76. The largest absolute Gasteiger partial charge is 0.381 e. The van der Waals surface area contributed by atoms with Crippen LogP contribution in [0.3, 0.4) is 0 Å². The van der Waals surface area contributed by atoms with Gasteiger partial charge in [0.25, 0.3) is 0 Å². The van der Waals surface area contributed by atoms with E-state index in [1.807, 2.05) is 12.3 Å². The summed E-state index contributed by atoms with van der Waals surface area (Å²) in [4.78, 5) is 4.25. The second kappa shape index (κ2) is 12.3. The van der Waals surface area contributed by atoms with E-state index in [1.54, 1.807) is 23.9 Å². The highest BCUT2D eigenvalue weighted by Gasteiger charge is 2.13. The Morgan fingerprint density at radius 1 is 1.20 bits per heavy atom. The first-order valence-corrected chi connectivity index (χ1v) is 10.6. The molecule has 0 saturated carbocycles. The van der Waals surface area contributed by atoms with Crippen LogP contribution in [0.25, 0.3) is 5.69 Å². The first-order chi connectivity index (χ1) is 14.7. The number of aromatic nitrogens is 2. The molecule has 1 aromatic heterocycles. The highest BCUT2D eigenvalue weighted by Crippen LogP contribution is 2.14. The maximum absolute atomic E-state index is 13.0. The van der Waals surface area contributed by atoms with Gasteiger partial charge in [0.2, 0.25) is 0 Å². The third-order valence-electron chi connectivity index (χ3n) is 5.08. The van der Waals surface area contributed by atoms with Crippen molar-refractivity contribution in [2.45, 2.75) is 25.7 Å². The summed E-state index contributed by atoms with van der Waals surface area (Å²) >= 11 is 0. The molecule has 164 valence electrons. The van der Waals surface area contributed by atoms with Crippen LogP contribution in [0.2, 0.25) is 0 Å². The van der Waals surface area contributed by atoms with Crippen molar-refractivity contribution in [2.75, 3.05) is 46.6 Å². The Balaban J connectivity index is 1.28. The molecule has 0 unspecified atom stereocenters. The average molecular weight is 418 g/mol. The van der Waals surface area contributed by atoms with Crippen molar-refractivity contribution in [3.63, 3.8) is 0 Å². The molecule has 0 radical (unpaired) electrons. The molecule has 1 aromatic carbocycles. The summed E-state index contributed by atoms with van der Waals surface area (Å²) in [6.45, 7) is 4.85. The fraction of sp³-hybridized carbons (Fsp3) is 0.545. The molecule has 2 aromatic rings. The van der Waals surface area contributed by atoms with Gasteiger partial charge in [-0.25, -0.2) is 9.07 Å². The lowest BCUT2D eigenvalue weighted by atomic mass is 10.0. The van der Waals surface area contributed by atoms with Crippen molar-refractivity contribution in [2.24, 2.45) is 10.9 Å². The zero-order valence-corrected chi connectivity index (χ0v) is 17.6. The maximum Gasteiger partial charge on any atom is 0.190 e. The Morgan fingerprint density at radius 3 is 2.73 bits per heavy atom. The number of halogens is 1. The molecule has 1 saturated heterocycles. The number of ether oxygens (including phenoxy) is 2. The highest BCUT2D eigenvalue weighted by atomic mass is 19.1. The van der Waals surface area contributed by atoms with Crippen LogP contribution in [-0.2, 0) is 15.9 Å². The summed E-state index contributed by atoms with van der Waals surface area (Å²) < 4.78 is 25.9. The predicted molar refractivity (Wildman–Crippen MR) is 116 cm³/mol. The Labute approximate surface area is 177 Å². The number of nitrogens with one attached hydrogen (secondary N) is 2. The fourth-order valence-corrected chi connectivity index (χ4v) is 3.31. The van der Waals surface area contributed by atoms with Gasteiger partial charge in [0, 0.05) is 59.2 Å². The number of benzene rings is 1. The van der Waals surface area contributed by atoms with Crippen molar-refractivity contribution in [3.05, 3.63) is 48.0 Å². The van der Waals surface area contributed by atoms with Crippen LogP contribution < -0.4 is 10.6 Å². The lowest BCUT2D eigenvalue weighted by molar-refractivity contribution is 0.0203. The van der Waals surface area contributed by atoms with E-state index in [1.165, 1.54) is 12.1 Å². The van der Waals surface area contributed by atoms with Gasteiger partial charge in [-0.15, -0.1) is 0 Å². The van der Waals surface area contributed by atoms with E-state index in [-0.39, 0.29) is 5.82 Å². The zero-order valence-electron chi connectivity index (χ0n) is 17.6. The van der Waals surface area contributed by atoms with Crippen molar-refractivity contribution < 1.29 is 13.9 Å². The summed E-state index contributed by atoms with van der Waals surface area (Å²) in [5.41, 5.74) is 1.80. The second-order valence-corrected chi connectivity index (χ2v) is 7.39. The number of nitrogens with zero attached hydrogens (tertiary/aromatic N) is 3. The van der Waals surface area contributed by atoms with Gasteiger partial charge in [-0.2, -0.15) is 5.10 Å². The number of hydrogen-bond donors (Lipinski definition) is 2. The Hall–Kier alpha value is -2.45. The van der Waals surface area contributed by atoms with Crippen LogP contribution >= 0.6 is 0 Å². The van der Waals surface area contributed by atoms with Crippen molar-refractivity contribution in [3.8, 4) is 5.69 Å². The van der Waals surface area contributed by atoms with Gasteiger partial charge < -0.3 is 20.1 Å². The third kappa shape index (κ3) is 7.42. The van der Waals surface area contributed by atoms with Crippen LogP contribution in [0.15, 0.2) is 41.5 Å². The van der Waals surface area contributed by atoms with Gasteiger partial charge in [0.15, 0.2) is 5.96 Å². The van der Waals surface area contributed by atoms with E-state index in [0.29, 0.717) is 5.92 Å². The molecule has 0 aliphatic carbocycles. The number of aliphatic imine (C=N–C) groups is 1. The minimum atomic E-state index is -0.250. The van der Waals surface area contributed by atoms with Gasteiger partial charge >= 0.3 is 0 Å². The van der Waals surface area contributed by atoms with Crippen molar-refractivity contribution >= 4 is 5.96 Å². The minimum absolute atomic E-state index is 0.250. The monoisotopic (exact) mass is 417 g/mol. The standard InChI is InChI=1S/C22H32FN5O2/c1-24-22(25-11-2-14-30-17-18-9-15-29-16-10-18)26-12-7-20-8-13-28(27-20)21-5-3-19(23)4-6-21/h3-6,8,13,18H,2,7,9-12,14-17H2,1H3,(H2,24,25,26). The van der Waals surface area contributed by atoms with Gasteiger partial charge in [0.05, 0.1) is 11.4 Å². The predicted octanol–water partition coefficient (Wildman–Crippen LogP) is 2.55. The molecule has 8 heteroatoms. The average Bonchev–Trinajstić information content (AvgIpc) is 3.25. The molecule has 1 aliphatic heterocycles. The summed E-state index contributed by atoms with van der Waals surface area (Å²) in [5, 5.41) is 11.1. The molecule has 1 aliphatic rings. The summed E-state index contributed by atoms with van der Waals surface area (Å²) in [6.07, 6.45) is 5.80. The summed E-state index contributed by atoms with van der Waals surface area (Å²) in [5.74, 6) is 1.17. The zero-order chi connectivity index (χ0) is 21.0. The van der Waals surface area contributed by atoms with Crippen LogP contribution in [0, 0.1) is 11.7 Å². The second-order valence-electron chi connectivity index (χ2n) is 7.39. The lowest BCUT2D eigenvalue weighted by Gasteiger charge is -2.21. The topological polar surface area (TPSA) is 72.7 Å². The molecule has 0 bridgehead atoms. The normalized spacial score (nSPS) is 15.3. The summed E-state index contributed by atoms with van der Waals surface area (Å²) in [6, 6.07) is 8.26. The molecule has 3 rings (SSSR count). The van der Waals surface area contributed by atoms with Crippen molar-refractivity contribution in [1.82, 2.24) is 20.4 Å². The Bertz CT molecular complexity index is 772. The lowest BCUT2D eigenvalue weighted by Crippen LogP contribution is -2.39. The molecule has 1 fully saturated rings.